The largest absolute Gasteiger partial charge is 0.475 e. The van der Waals surface area contributed by atoms with Crippen LogP contribution in [-0.4, -0.2) is 68.4 Å². The van der Waals surface area contributed by atoms with Gasteiger partial charge >= 0.3 is 0 Å². The minimum Gasteiger partial charge on any atom is -0.475 e. The van der Waals surface area contributed by atoms with Crippen molar-refractivity contribution in [2.75, 3.05) is 46.4 Å². The highest BCUT2D eigenvalue weighted by Gasteiger charge is 2.10. The molecule has 0 bridgehead atoms. The minimum atomic E-state index is 0. The van der Waals surface area contributed by atoms with Gasteiger partial charge in [-0.05, 0) is 30.9 Å². The van der Waals surface area contributed by atoms with Crippen LogP contribution in [0.4, 0.5) is 0 Å². The summed E-state index contributed by atoms with van der Waals surface area (Å²) in [5, 5.41) is 6.71. The Morgan fingerprint density at radius 2 is 2.04 bits per heavy atom. The molecule has 2 N–H and O–H groups in total. The smallest absolute Gasteiger partial charge is 0.213 e. The van der Waals surface area contributed by atoms with Crippen LogP contribution in [0.25, 0.3) is 0 Å². The first-order chi connectivity index (χ1) is 13.1. The maximum atomic E-state index is 5.93. The van der Waals surface area contributed by atoms with Crippen LogP contribution in [0.1, 0.15) is 32.8 Å². The van der Waals surface area contributed by atoms with Crippen molar-refractivity contribution in [3.63, 3.8) is 0 Å². The number of aliphatic imine (C=N–C) groups is 1. The maximum Gasteiger partial charge on any atom is 0.213 e. The Bertz CT molecular complexity index is 579. The Labute approximate surface area is 186 Å². The Morgan fingerprint density at radius 1 is 1.29 bits per heavy atom. The molecule has 0 aromatic carbocycles. The van der Waals surface area contributed by atoms with Crippen molar-refractivity contribution in [1.29, 1.82) is 0 Å². The molecular formula is C20H36IN5O2. The summed E-state index contributed by atoms with van der Waals surface area (Å²) in [6.07, 6.45) is 2.97. The molecule has 0 amide bonds. The van der Waals surface area contributed by atoms with Gasteiger partial charge in [0.05, 0.1) is 19.3 Å². The van der Waals surface area contributed by atoms with Gasteiger partial charge in [0, 0.05) is 52.0 Å². The van der Waals surface area contributed by atoms with E-state index in [1.807, 2.05) is 12.1 Å². The summed E-state index contributed by atoms with van der Waals surface area (Å²) in [6.45, 7) is 12.7. The zero-order chi connectivity index (χ0) is 19.5. The summed E-state index contributed by atoms with van der Waals surface area (Å²) in [4.78, 5) is 11.0. The van der Waals surface area contributed by atoms with Crippen LogP contribution in [0.15, 0.2) is 23.3 Å². The Hall–Kier alpha value is -1.13. The van der Waals surface area contributed by atoms with Gasteiger partial charge in [-0.2, -0.15) is 0 Å². The number of morpholine rings is 1. The number of rotatable bonds is 9. The summed E-state index contributed by atoms with van der Waals surface area (Å²) in [5.74, 6) is 2.09. The number of pyridine rings is 1. The standard InChI is InChI=1S/C20H35N5O2.HI/c1-16(2)13-17(3)27-19-14-18(5-6-22-19)15-24-20(21-4)23-7-8-25-9-11-26-12-10-25;/h5-6,14,16-17H,7-13,15H2,1-4H3,(H2,21,23,24);1H. The van der Waals surface area contributed by atoms with Crippen LogP contribution in [0.5, 0.6) is 5.88 Å². The summed E-state index contributed by atoms with van der Waals surface area (Å²) >= 11 is 0. The molecule has 0 saturated carbocycles. The molecule has 1 atom stereocenters. The molecule has 2 heterocycles. The molecule has 1 aromatic heterocycles. The fourth-order valence-corrected chi connectivity index (χ4v) is 3.11. The number of hydrogen-bond acceptors (Lipinski definition) is 5. The van der Waals surface area contributed by atoms with E-state index in [9.17, 15) is 0 Å². The second-order valence-corrected chi connectivity index (χ2v) is 7.37. The Kier molecular flexibility index (Phi) is 12.4. The predicted octanol–water partition coefficient (Wildman–Crippen LogP) is 2.51. The molecular weight excluding hydrogens is 469 g/mol. The highest BCUT2D eigenvalue weighted by atomic mass is 127. The third-order valence-electron chi connectivity index (χ3n) is 4.43. The van der Waals surface area contributed by atoms with Crippen LogP contribution in [-0.2, 0) is 11.3 Å². The van der Waals surface area contributed by atoms with Crippen molar-refractivity contribution in [3.05, 3.63) is 23.9 Å². The van der Waals surface area contributed by atoms with E-state index < -0.39 is 0 Å². The lowest BCUT2D eigenvalue weighted by Crippen LogP contribution is -2.44. The average molecular weight is 505 g/mol. The molecule has 1 unspecified atom stereocenters. The van der Waals surface area contributed by atoms with E-state index in [0.717, 1.165) is 57.3 Å². The monoisotopic (exact) mass is 505 g/mol. The number of nitrogens with zero attached hydrogens (tertiary/aromatic N) is 3. The van der Waals surface area contributed by atoms with Crippen molar-refractivity contribution in [1.82, 2.24) is 20.5 Å². The zero-order valence-corrected chi connectivity index (χ0v) is 19.9. The molecule has 160 valence electrons. The normalized spacial score (nSPS) is 16.4. The predicted molar refractivity (Wildman–Crippen MR) is 125 cm³/mol. The molecule has 1 aliphatic heterocycles. The molecule has 0 spiro atoms. The summed E-state index contributed by atoms with van der Waals surface area (Å²) in [7, 11) is 1.79. The highest BCUT2D eigenvalue weighted by molar-refractivity contribution is 14.0. The van der Waals surface area contributed by atoms with Gasteiger partial charge < -0.3 is 20.1 Å². The van der Waals surface area contributed by atoms with Gasteiger partial charge in [-0.15, -0.1) is 24.0 Å². The lowest BCUT2D eigenvalue weighted by Gasteiger charge is -2.26. The number of hydrogen-bond donors (Lipinski definition) is 2. The van der Waals surface area contributed by atoms with E-state index in [1.54, 1.807) is 13.2 Å². The van der Waals surface area contributed by atoms with Gasteiger partial charge in [0.15, 0.2) is 5.96 Å². The Morgan fingerprint density at radius 3 is 2.71 bits per heavy atom. The fourth-order valence-electron chi connectivity index (χ4n) is 3.11. The van der Waals surface area contributed by atoms with Gasteiger partial charge in [-0.1, -0.05) is 13.8 Å². The lowest BCUT2D eigenvalue weighted by molar-refractivity contribution is 0.0389. The van der Waals surface area contributed by atoms with Gasteiger partial charge in [0.1, 0.15) is 0 Å². The molecule has 1 aliphatic rings. The fraction of sp³-hybridized carbons (Fsp3) is 0.700. The summed E-state index contributed by atoms with van der Waals surface area (Å²) in [5.41, 5.74) is 1.12. The van der Waals surface area contributed by atoms with Crippen molar-refractivity contribution in [3.8, 4) is 5.88 Å². The SMILES string of the molecule is CN=C(NCCN1CCOCC1)NCc1ccnc(OC(C)CC(C)C)c1.I. The molecule has 8 heteroatoms. The first-order valence-corrected chi connectivity index (χ1v) is 9.93. The molecule has 2 rings (SSSR count). The van der Waals surface area contributed by atoms with E-state index in [2.05, 4.69) is 46.3 Å². The van der Waals surface area contributed by atoms with Gasteiger partial charge in [-0.25, -0.2) is 4.98 Å². The first-order valence-electron chi connectivity index (χ1n) is 9.93. The van der Waals surface area contributed by atoms with Crippen molar-refractivity contribution in [2.45, 2.75) is 39.8 Å². The van der Waals surface area contributed by atoms with E-state index in [0.29, 0.717) is 18.3 Å². The first kappa shape index (κ1) is 24.9. The number of nitrogens with one attached hydrogen (secondary N) is 2. The van der Waals surface area contributed by atoms with E-state index in [1.165, 1.54) is 0 Å². The topological polar surface area (TPSA) is 71.0 Å². The molecule has 28 heavy (non-hydrogen) atoms. The summed E-state index contributed by atoms with van der Waals surface area (Å²) < 4.78 is 11.3. The van der Waals surface area contributed by atoms with Gasteiger partial charge in [0.2, 0.25) is 5.88 Å². The van der Waals surface area contributed by atoms with Crippen LogP contribution in [0.2, 0.25) is 0 Å². The third-order valence-corrected chi connectivity index (χ3v) is 4.43. The van der Waals surface area contributed by atoms with E-state index >= 15 is 0 Å². The van der Waals surface area contributed by atoms with E-state index in [4.69, 9.17) is 9.47 Å². The second-order valence-electron chi connectivity index (χ2n) is 7.37. The molecule has 1 fully saturated rings. The van der Waals surface area contributed by atoms with E-state index in [-0.39, 0.29) is 30.1 Å². The second kappa shape index (κ2) is 13.9. The summed E-state index contributed by atoms with van der Waals surface area (Å²) in [6, 6.07) is 3.98. The number of aromatic nitrogens is 1. The number of guanidine groups is 1. The third kappa shape index (κ3) is 9.88. The van der Waals surface area contributed by atoms with Gasteiger partial charge in [-0.3, -0.25) is 9.89 Å². The quantitative estimate of drug-likeness (QED) is 0.306. The average Bonchev–Trinajstić information content (AvgIpc) is 2.65. The molecule has 0 radical (unpaired) electrons. The minimum absolute atomic E-state index is 0. The zero-order valence-electron chi connectivity index (χ0n) is 17.6. The van der Waals surface area contributed by atoms with Crippen LogP contribution < -0.4 is 15.4 Å². The van der Waals surface area contributed by atoms with Crippen LogP contribution in [0.3, 0.4) is 0 Å². The van der Waals surface area contributed by atoms with Crippen molar-refractivity contribution < 1.29 is 9.47 Å². The highest BCUT2D eigenvalue weighted by Crippen LogP contribution is 2.14. The molecule has 1 saturated heterocycles. The molecule has 7 nitrogen and oxygen atoms in total. The maximum absolute atomic E-state index is 5.93. The number of halogens is 1. The van der Waals surface area contributed by atoms with Crippen LogP contribution in [0, 0.1) is 5.92 Å². The van der Waals surface area contributed by atoms with Crippen LogP contribution >= 0.6 is 24.0 Å². The Balaban J connectivity index is 0.00000392. The number of ether oxygens (including phenoxy) is 2. The van der Waals surface area contributed by atoms with Gasteiger partial charge in [0.25, 0.3) is 0 Å². The molecule has 1 aromatic rings. The van der Waals surface area contributed by atoms with Crippen molar-refractivity contribution >= 4 is 29.9 Å². The molecule has 0 aliphatic carbocycles. The van der Waals surface area contributed by atoms with Crippen molar-refractivity contribution in [2.24, 2.45) is 10.9 Å². The lowest BCUT2D eigenvalue weighted by atomic mass is 10.1.